The summed E-state index contributed by atoms with van der Waals surface area (Å²) in [5, 5.41) is -0.296. The van der Waals surface area contributed by atoms with Gasteiger partial charge in [0.05, 0.1) is 16.0 Å². The molecule has 1 aromatic heterocycles. The molecular weight excluding hydrogens is 451 g/mol. The number of nitrogens with one attached hydrogen (secondary N) is 1. The number of hydrogen-bond acceptors (Lipinski definition) is 6. The molecule has 1 saturated heterocycles. The largest absolute Gasteiger partial charge is 0.490 e. The van der Waals surface area contributed by atoms with E-state index in [4.69, 9.17) is 20.8 Å². The smallest absolute Gasteiger partial charge is 0.339 e. The van der Waals surface area contributed by atoms with Crippen LogP contribution in [0.5, 0.6) is 5.75 Å². The zero-order valence-corrected chi connectivity index (χ0v) is 18.3. The molecule has 2 heterocycles. The fourth-order valence-corrected chi connectivity index (χ4v) is 4.54. The van der Waals surface area contributed by atoms with E-state index in [-0.39, 0.29) is 34.9 Å². The summed E-state index contributed by atoms with van der Waals surface area (Å²) in [7, 11) is -3.90. The molecule has 0 radical (unpaired) electrons. The summed E-state index contributed by atoms with van der Waals surface area (Å²) in [5.74, 6) is -0.00200. The summed E-state index contributed by atoms with van der Waals surface area (Å²) in [6.45, 7) is 2.49. The van der Waals surface area contributed by atoms with E-state index in [0.717, 1.165) is 18.2 Å². The van der Waals surface area contributed by atoms with E-state index in [1.54, 1.807) is 17.9 Å². The molecule has 11 heteroatoms. The Labute approximate surface area is 184 Å². The van der Waals surface area contributed by atoms with Crippen LogP contribution < -0.4 is 15.1 Å². The van der Waals surface area contributed by atoms with Crippen molar-refractivity contribution >= 4 is 27.5 Å². The number of ether oxygens (including phenoxy) is 1. The molecule has 3 rings (SSSR count). The van der Waals surface area contributed by atoms with E-state index in [1.165, 1.54) is 6.07 Å². The zero-order chi connectivity index (χ0) is 22.6. The summed E-state index contributed by atoms with van der Waals surface area (Å²) in [4.78, 5) is 25.3. The maximum atomic E-state index is 13.2. The molecule has 0 bridgehead atoms. The molecule has 0 aliphatic carbocycles. The van der Waals surface area contributed by atoms with Crippen LogP contribution in [-0.2, 0) is 14.8 Å². The first-order chi connectivity index (χ1) is 14.6. The molecule has 0 spiro atoms. The molecule has 1 amide bonds. The molecule has 2 aromatic rings. The van der Waals surface area contributed by atoms with Gasteiger partial charge in [0.1, 0.15) is 23.4 Å². The SMILES string of the molecule is Cc1cc(OC2CCN(C(=O)CCNS(=O)(=O)c3ccc(F)c(Cl)c3)CC2)cc(=O)o1. The predicted molar refractivity (Wildman–Crippen MR) is 111 cm³/mol. The lowest BCUT2D eigenvalue weighted by Gasteiger charge is -2.32. The number of carbonyl (C=O) groups is 1. The highest BCUT2D eigenvalue weighted by molar-refractivity contribution is 7.89. The molecule has 0 atom stereocenters. The second-order valence-electron chi connectivity index (χ2n) is 7.14. The molecule has 0 saturated carbocycles. The highest BCUT2D eigenvalue weighted by Crippen LogP contribution is 2.20. The van der Waals surface area contributed by atoms with Crippen LogP contribution in [0.4, 0.5) is 4.39 Å². The Morgan fingerprint density at radius 3 is 2.65 bits per heavy atom. The Morgan fingerprint density at radius 2 is 2.00 bits per heavy atom. The average Bonchev–Trinajstić information content (AvgIpc) is 2.69. The van der Waals surface area contributed by atoms with Gasteiger partial charge >= 0.3 is 5.63 Å². The maximum absolute atomic E-state index is 13.2. The van der Waals surface area contributed by atoms with Crippen LogP contribution in [0.25, 0.3) is 0 Å². The van der Waals surface area contributed by atoms with E-state index < -0.39 is 21.5 Å². The monoisotopic (exact) mass is 472 g/mol. The lowest BCUT2D eigenvalue weighted by Crippen LogP contribution is -2.42. The van der Waals surface area contributed by atoms with Crippen LogP contribution in [-0.4, -0.2) is 45.0 Å². The lowest BCUT2D eigenvalue weighted by atomic mass is 10.1. The van der Waals surface area contributed by atoms with Crippen molar-refractivity contribution in [2.24, 2.45) is 0 Å². The van der Waals surface area contributed by atoms with Gasteiger partial charge < -0.3 is 14.1 Å². The first kappa shape index (κ1) is 23.2. The molecule has 168 valence electrons. The first-order valence-electron chi connectivity index (χ1n) is 9.65. The summed E-state index contributed by atoms with van der Waals surface area (Å²) in [5.41, 5.74) is -0.479. The molecule has 31 heavy (non-hydrogen) atoms. The van der Waals surface area contributed by atoms with Gasteiger partial charge in [-0.05, 0) is 25.1 Å². The number of likely N-dealkylation sites (tertiary alicyclic amines) is 1. The van der Waals surface area contributed by atoms with E-state index in [2.05, 4.69) is 4.72 Å². The van der Waals surface area contributed by atoms with Gasteiger partial charge in [0.15, 0.2) is 0 Å². The third-order valence-electron chi connectivity index (χ3n) is 4.80. The van der Waals surface area contributed by atoms with Crippen molar-refractivity contribution in [3.8, 4) is 5.75 Å². The van der Waals surface area contributed by atoms with Crippen LogP contribution >= 0.6 is 11.6 Å². The zero-order valence-electron chi connectivity index (χ0n) is 16.8. The Balaban J connectivity index is 1.45. The number of amides is 1. The van der Waals surface area contributed by atoms with E-state index in [0.29, 0.717) is 37.4 Å². The van der Waals surface area contributed by atoms with Crippen LogP contribution in [0.3, 0.4) is 0 Å². The topological polar surface area (TPSA) is 106 Å². The number of halogens is 2. The summed E-state index contributed by atoms with van der Waals surface area (Å²) in [6.07, 6.45) is 1.03. The Kier molecular flexibility index (Phi) is 7.34. The van der Waals surface area contributed by atoms with Gasteiger partial charge in [-0.3, -0.25) is 4.79 Å². The fraction of sp³-hybridized carbons (Fsp3) is 0.400. The van der Waals surface area contributed by atoms with Crippen molar-refractivity contribution in [3.63, 3.8) is 0 Å². The van der Waals surface area contributed by atoms with Crippen molar-refractivity contribution in [1.82, 2.24) is 9.62 Å². The van der Waals surface area contributed by atoms with Crippen molar-refractivity contribution in [2.75, 3.05) is 19.6 Å². The number of piperidine rings is 1. The number of nitrogens with zero attached hydrogens (tertiary/aromatic N) is 1. The number of carbonyl (C=O) groups excluding carboxylic acids is 1. The van der Waals surface area contributed by atoms with Crippen molar-refractivity contribution in [2.45, 2.75) is 37.2 Å². The molecule has 1 aliphatic heterocycles. The van der Waals surface area contributed by atoms with Gasteiger partial charge in [-0.25, -0.2) is 22.3 Å². The van der Waals surface area contributed by atoms with Gasteiger partial charge in [-0.15, -0.1) is 0 Å². The van der Waals surface area contributed by atoms with Crippen LogP contribution in [0, 0.1) is 12.7 Å². The molecule has 8 nitrogen and oxygen atoms in total. The van der Waals surface area contributed by atoms with Crippen LogP contribution in [0.2, 0.25) is 5.02 Å². The number of hydrogen-bond donors (Lipinski definition) is 1. The van der Waals surface area contributed by atoms with Gasteiger partial charge in [-0.1, -0.05) is 11.6 Å². The minimum atomic E-state index is -3.90. The summed E-state index contributed by atoms with van der Waals surface area (Å²) < 4.78 is 50.8. The van der Waals surface area contributed by atoms with Crippen molar-refractivity contribution in [3.05, 3.63) is 57.4 Å². The number of rotatable bonds is 7. The minimum absolute atomic E-state index is 0.0153. The van der Waals surface area contributed by atoms with Gasteiger partial charge in [0, 0.05) is 45.0 Å². The highest BCUT2D eigenvalue weighted by Gasteiger charge is 2.24. The quantitative estimate of drug-likeness (QED) is 0.663. The normalized spacial score (nSPS) is 15.1. The molecule has 0 unspecified atom stereocenters. The minimum Gasteiger partial charge on any atom is -0.490 e. The number of benzene rings is 1. The Morgan fingerprint density at radius 1 is 1.29 bits per heavy atom. The van der Waals surface area contributed by atoms with Gasteiger partial charge in [0.25, 0.3) is 0 Å². The average molecular weight is 473 g/mol. The second kappa shape index (κ2) is 9.80. The summed E-state index contributed by atoms with van der Waals surface area (Å²) >= 11 is 5.63. The molecule has 1 aromatic carbocycles. The van der Waals surface area contributed by atoms with Crippen molar-refractivity contribution in [1.29, 1.82) is 0 Å². The van der Waals surface area contributed by atoms with Gasteiger partial charge in [-0.2, -0.15) is 0 Å². The molecular formula is C20H22ClFN2O6S. The standard InChI is InChI=1S/C20H22ClFN2O6S/c1-13-10-15(11-20(26)29-13)30-14-5-8-24(9-6-14)19(25)4-7-23-31(27,28)16-2-3-18(22)17(21)12-16/h2-3,10-12,14,23H,4-9H2,1H3. The third kappa shape index (κ3) is 6.28. The molecule has 1 fully saturated rings. The third-order valence-corrected chi connectivity index (χ3v) is 6.55. The highest BCUT2D eigenvalue weighted by atomic mass is 35.5. The molecule has 1 N–H and O–H groups in total. The van der Waals surface area contributed by atoms with Crippen LogP contribution in [0.1, 0.15) is 25.0 Å². The van der Waals surface area contributed by atoms with Crippen molar-refractivity contribution < 1.29 is 26.8 Å². The summed E-state index contributed by atoms with van der Waals surface area (Å²) in [6, 6.07) is 6.01. The lowest BCUT2D eigenvalue weighted by molar-refractivity contribution is -0.132. The van der Waals surface area contributed by atoms with E-state index >= 15 is 0 Å². The Bertz CT molecular complexity index is 1110. The second-order valence-corrected chi connectivity index (χ2v) is 9.32. The fourth-order valence-electron chi connectivity index (χ4n) is 3.24. The van der Waals surface area contributed by atoms with Crippen LogP contribution in [0.15, 0.2) is 44.4 Å². The predicted octanol–water partition coefficient (Wildman–Crippen LogP) is 2.48. The van der Waals surface area contributed by atoms with E-state index in [9.17, 15) is 22.4 Å². The maximum Gasteiger partial charge on any atom is 0.339 e. The number of sulfonamides is 1. The van der Waals surface area contributed by atoms with Gasteiger partial charge in [0.2, 0.25) is 15.9 Å². The first-order valence-corrected chi connectivity index (χ1v) is 11.5. The number of aryl methyl sites for hydroxylation is 1. The van der Waals surface area contributed by atoms with E-state index in [1.807, 2.05) is 0 Å². The molecule has 1 aliphatic rings. The Hall–Kier alpha value is -2.43.